The number of carbonyl (C=O) groups excluding carboxylic acids is 1. The Morgan fingerprint density at radius 1 is 1.30 bits per heavy atom. The second-order valence-corrected chi connectivity index (χ2v) is 5.93. The fourth-order valence-electron chi connectivity index (χ4n) is 2.27. The normalized spacial score (nSPS) is 14.4. The smallest absolute Gasteiger partial charge is 0.410 e. The molecule has 0 atom stereocenters. The van der Waals surface area contributed by atoms with E-state index in [1.807, 2.05) is 49.9 Å². The number of amides is 1. The van der Waals surface area contributed by atoms with Gasteiger partial charge in [-0.25, -0.2) is 4.79 Å². The second-order valence-electron chi connectivity index (χ2n) is 5.93. The largest absolute Gasteiger partial charge is 0.444 e. The van der Waals surface area contributed by atoms with Crippen LogP contribution in [0.3, 0.4) is 0 Å². The van der Waals surface area contributed by atoms with Crippen LogP contribution in [0.2, 0.25) is 0 Å². The monoisotopic (exact) mass is 274 g/mol. The molecule has 0 fully saturated rings. The first kappa shape index (κ1) is 12.8. The Kier molecular flexibility index (Phi) is 2.81. The zero-order chi connectivity index (χ0) is 14.3. The lowest BCUT2D eigenvalue weighted by Gasteiger charge is -2.24. The lowest BCUT2D eigenvalue weighted by atomic mass is 10.2. The van der Waals surface area contributed by atoms with Crippen molar-refractivity contribution < 1.29 is 9.53 Å². The number of hydrogen-bond donors (Lipinski definition) is 1. The molecule has 0 aromatic carbocycles. The molecular weight excluding hydrogens is 256 g/mol. The number of ether oxygens (including phenoxy) is 1. The molecule has 6 nitrogen and oxygen atoms in total. The molecule has 1 amide bonds. The average molecular weight is 274 g/mol. The van der Waals surface area contributed by atoms with Crippen LogP contribution in [0.15, 0.2) is 24.5 Å². The molecule has 3 rings (SSSR count). The Bertz CT molecular complexity index is 622. The van der Waals surface area contributed by atoms with Crippen LogP contribution >= 0.6 is 0 Å². The number of nitrogens with zero attached hydrogens (tertiary/aromatic N) is 3. The summed E-state index contributed by atoms with van der Waals surface area (Å²) in [6, 6.07) is 3.89. The van der Waals surface area contributed by atoms with Gasteiger partial charge in [0.05, 0.1) is 18.8 Å². The van der Waals surface area contributed by atoms with Crippen molar-refractivity contribution >= 4 is 6.09 Å². The van der Waals surface area contributed by atoms with Crippen LogP contribution in [0.1, 0.15) is 32.0 Å². The molecule has 20 heavy (non-hydrogen) atoms. The third kappa shape index (κ3) is 2.29. The summed E-state index contributed by atoms with van der Waals surface area (Å²) in [5, 5.41) is 7.31. The Morgan fingerprint density at radius 2 is 2.00 bits per heavy atom. The molecule has 1 aliphatic rings. The maximum Gasteiger partial charge on any atom is 0.410 e. The van der Waals surface area contributed by atoms with E-state index in [0.717, 1.165) is 17.1 Å². The summed E-state index contributed by atoms with van der Waals surface area (Å²) in [6.07, 6.45) is 3.58. The van der Waals surface area contributed by atoms with E-state index < -0.39 is 5.60 Å². The predicted octanol–water partition coefficient (Wildman–Crippen LogP) is 2.45. The summed E-state index contributed by atoms with van der Waals surface area (Å²) < 4.78 is 7.34. The molecule has 2 aromatic rings. The van der Waals surface area contributed by atoms with Crippen molar-refractivity contribution in [2.75, 3.05) is 0 Å². The molecule has 0 radical (unpaired) electrons. The zero-order valence-electron chi connectivity index (χ0n) is 11.9. The number of rotatable bonds is 1. The highest BCUT2D eigenvalue weighted by molar-refractivity contribution is 5.69. The molecule has 106 valence electrons. The maximum atomic E-state index is 12.1. The molecule has 0 spiro atoms. The maximum absolute atomic E-state index is 12.1. The van der Waals surface area contributed by atoms with Gasteiger partial charge in [0.2, 0.25) is 0 Å². The van der Waals surface area contributed by atoms with Gasteiger partial charge in [-0.05, 0) is 32.9 Å². The van der Waals surface area contributed by atoms with Crippen LogP contribution in [0.5, 0.6) is 0 Å². The van der Waals surface area contributed by atoms with Gasteiger partial charge < -0.3 is 9.30 Å². The van der Waals surface area contributed by atoms with Gasteiger partial charge >= 0.3 is 6.09 Å². The molecule has 0 bridgehead atoms. The van der Waals surface area contributed by atoms with Gasteiger partial charge in [0, 0.05) is 18.0 Å². The van der Waals surface area contributed by atoms with E-state index in [-0.39, 0.29) is 6.09 Å². The number of nitrogens with one attached hydrogen (secondary N) is 1. The fourth-order valence-corrected chi connectivity index (χ4v) is 2.27. The van der Waals surface area contributed by atoms with Crippen molar-refractivity contribution in [1.29, 1.82) is 0 Å². The van der Waals surface area contributed by atoms with Gasteiger partial charge in [0.1, 0.15) is 5.60 Å². The SMILES string of the molecule is CC(C)(C)OC(=O)N1Cc2[nH]nc(-n3cccc3)c2C1. The standard InChI is InChI=1S/C14H18N4O2/c1-14(2,3)20-13(19)18-8-10-11(9-18)15-16-12(10)17-6-4-5-7-17/h4-7H,8-9H2,1-3H3,(H,15,16). The minimum atomic E-state index is -0.477. The molecule has 6 heteroatoms. The highest BCUT2D eigenvalue weighted by atomic mass is 16.6. The first-order valence-corrected chi connectivity index (χ1v) is 6.61. The van der Waals surface area contributed by atoms with E-state index in [0.29, 0.717) is 13.1 Å². The van der Waals surface area contributed by atoms with Gasteiger partial charge in [0.15, 0.2) is 5.82 Å². The molecule has 3 heterocycles. The van der Waals surface area contributed by atoms with E-state index >= 15 is 0 Å². The van der Waals surface area contributed by atoms with Crippen LogP contribution in [0.4, 0.5) is 4.79 Å². The lowest BCUT2D eigenvalue weighted by Crippen LogP contribution is -2.33. The molecular formula is C14H18N4O2. The van der Waals surface area contributed by atoms with Crippen molar-refractivity contribution in [3.8, 4) is 5.82 Å². The average Bonchev–Trinajstić information content (AvgIpc) is 3.02. The Morgan fingerprint density at radius 3 is 2.65 bits per heavy atom. The van der Waals surface area contributed by atoms with E-state index in [2.05, 4.69) is 10.2 Å². The van der Waals surface area contributed by atoms with Crippen molar-refractivity contribution in [2.45, 2.75) is 39.5 Å². The third-order valence-electron chi connectivity index (χ3n) is 3.13. The van der Waals surface area contributed by atoms with Crippen molar-refractivity contribution in [2.24, 2.45) is 0 Å². The summed E-state index contributed by atoms with van der Waals surface area (Å²) in [4.78, 5) is 13.8. The molecule has 1 aliphatic heterocycles. The second kappa shape index (κ2) is 4.40. The van der Waals surface area contributed by atoms with E-state index in [1.54, 1.807) is 4.90 Å². The number of aromatic amines is 1. The van der Waals surface area contributed by atoms with Gasteiger partial charge in [-0.1, -0.05) is 0 Å². The van der Waals surface area contributed by atoms with Crippen LogP contribution in [0, 0.1) is 0 Å². The van der Waals surface area contributed by atoms with Crippen molar-refractivity contribution in [3.63, 3.8) is 0 Å². The topological polar surface area (TPSA) is 63.1 Å². The summed E-state index contributed by atoms with van der Waals surface area (Å²) in [5.41, 5.74) is 1.54. The number of H-pyrrole nitrogens is 1. The highest BCUT2D eigenvalue weighted by Gasteiger charge is 2.31. The predicted molar refractivity (Wildman–Crippen MR) is 73.4 cm³/mol. The van der Waals surface area contributed by atoms with E-state index in [1.165, 1.54) is 0 Å². The Balaban J connectivity index is 1.78. The van der Waals surface area contributed by atoms with Crippen LogP contribution < -0.4 is 0 Å². The van der Waals surface area contributed by atoms with E-state index in [4.69, 9.17) is 4.74 Å². The Labute approximate surface area is 117 Å². The first-order valence-electron chi connectivity index (χ1n) is 6.61. The number of fused-ring (bicyclic) bond motifs is 1. The fraction of sp³-hybridized carbons (Fsp3) is 0.429. The molecule has 0 saturated heterocycles. The Hall–Kier alpha value is -2.24. The molecule has 1 N–H and O–H groups in total. The number of aromatic nitrogens is 3. The highest BCUT2D eigenvalue weighted by Crippen LogP contribution is 2.27. The van der Waals surface area contributed by atoms with Gasteiger partial charge in [-0.3, -0.25) is 10.00 Å². The molecule has 2 aromatic heterocycles. The van der Waals surface area contributed by atoms with Gasteiger partial charge in [0.25, 0.3) is 0 Å². The zero-order valence-corrected chi connectivity index (χ0v) is 11.9. The van der Waals surface area contributed by atoms with Gasteiger partial charge in [-0.15, -0.1) is 0 Å². The quantitative estimate of drug-likeness (QED) is 0.868. The van der Waals surface area contributed by atoms with Crippen LogP contribution in [-0.4, -0.2) is 31.4 Å². The lowest BCUT2D eigenvalue weighted by molar-refractivity contribution is 0.0239. The minimum Gasteiger partial charge on any atom is -0.444 e. The van der Waals surface area contributed by atoms with Crippen molar-refractivity contribution in [1.82, 2.24) is 19.7 Å². The molecule has 0 aliphatic carbocycles. The van der Waals surface area contributed by atoms with E-state index in [9.17, 15) is 4.79 Å². The first-order chi connectivity index (χ1) is 9.44. The summed E-state index contributed by atoms with van der Waals surface area (Å²) in [7, 11) is 0. The van der Waals surface area contributed by atoms with Crippen LogP contribution in [0.25, 0.3) is 5.82 Å². The van der Waals surface area contributed by atoms with Crippen LogP contribution in [-0.2, 0) is 17.8 Å². The summed E-state index contributed by atoms with van der Waals surface area (Å²) >= 11 is 0. The number of hydrogen-bond acceptors (Lipinski definition) is 3. The summed E-state index contributed by atoms with van der Waals surface area (Å²) in [5.74, 6) is 0.844. The minimum absolute atomic E-state index is 0.291. The summed E-state index contributed by atoms with van der Waals surface area (Å²) in [6.45, 7) is 6.64. The molecule has 0 unspecified atom stereocenters. The number of carbonyl (C=O) groups is 1. The van der Waals surface area contributed by atoms with Gasteiger partial charge in [-0.2, -0.15) is 5.10 Å². The third-order valence-corrected chi connectivity index (χ3v) is 3.13. The van der Waals surface area contributed by atoms with Crippen molar-refractivity contribution in [3.05, 3.63) is 35.8 Å². The molecule has 0 saturated carbocycles.